The number of methoxy groups -OCH3 is 2. The standard InChI is InChI=1S/C32H40O9/c1-6-14-37-23-20-25(24(8-3)32(34)36-5)30(28(21-23)38-15-7-2)31(33)22-12-13-26(27(19-22)35-4)39-17-18-41-29-11-9-10-16-40-29/h6-7,12-13,19-21,24,29H,1-2,8-11,14-18H2,3-5H3. The van der Waals surface area contributed by atoms with E-state index in [1.807, 2.05) is 6.92 Å². The molecule has 1 aliphatic heterocycles. The molecular formula is C32H40O9. The van der Waals surface area contributed by atoms with E-state index in [2.05, 4.69) is 13.2 Å². The van der Waals surface area contributed by atoms with E-state index in [1.54, 1.807) is 42.5 Å². The lowest BCUT2D eigenvalue weighted by Gasteiger charge is -2.23. The summed E-state index contributed by atoms with van der Waals surface area (Å²) in [5.41, 5.74) is 0.989. The lowest BCUT2D eigenvalue weighted by atomic mass is 9.87. The second kappa shape index (κ2) is 16.4. The number of rotatable bonds is 17. The fourth-order valence-corrected chi connectivity index (χ4v) is 4.53. The van der Waals surface area contributed by atoms with Gasteiger partial charge < -0.3 is 33.2 Å². The van der Waals surface area contributed by atoms with Crippen LogP contribution in [0, 0.1) is 0 Å². The van der Waals surface area contributed by atoms with Crippen LogP contribution in [0.1, 0.15) is 60.0 Å². The van der Waals surface area contributed by atoms with Crippen LogP contribution in [0.25, 0.3) is 0 Å². The molecule has 9 heteroatoms. The molecule has 0 aliphatic carbocycles. The first-order valence-electron chi connectivity index (χ1n) is 13.8. The first-order chi connectivity index (χ1) is 20.0. The Morgan fingerprint density at radius 1 is 0.976 bits per heavy atom. The van der Waals surface area contributed by atoms with Crippen LogP contribution in [0.4, 0.5) is 0 Å². The van der Waals surface area contributed by atoms with Crippen molar-refractivity contribution >= 4 is 11.8 Å². The highest BCUT2D eigenvalue weighted by Crippen LogP contribution is 2.38. The molecule has 3 rings (SSSR count). The molecule has 0 saturated carbocycles. The molecule has 0 radical (unpaired) electrons. The van der Waals surface area contributed by atoms with Crippen molar-refractivity contribution in [3.8, 4) is 23.0 Å². The quantitative estimate of drug-likeness (QED) is 0.104. The van der Waals surface area contributed by atoms with Crippen molar-refractivity contribution in [3.05, 3.63) is 72.3 Å². The number of carbonyl (C=O) groups excluding carboxylic acids is 2. The molecule has 1 fully saturated rings. The Balaban J connectivity index is 1.94. The van der Waals surface area contributed by atoms with Gasteiger partial charge in [0.15, 0.2) is 23.6 Å². The molecule has 222 valence electrons. The molecule has 0 aromatic heterocycles. The van der Waals surface area contributed by atoms with Crippen LogP contribution < -0.4 is 18.9 Å². The Kier molecular flexibility index (Phi) is 12.7. The molecule has 0 amide bonds. The molecule has 2 aromatic rings. The molecule has 0 spiro atoms. The molecule has 2 atom stereocenters. The van der Waals surface area contributed by atoms with Gasteiger partial charge >= 0.3 is 5.97 Å². The van der Waals surface area contributed by atoms with Gasteiger partial charge in [-0.1, -0.05) is 32.2 Å². The van der Waals surface area contributed by atoms with E-state index in [-0.39, 0.29) is 43.2 Å². The lowest BCUT2D eigenvalue weighted by Crippen LogP contribution is -2.24. The second-order valence-electron chi connectivity index (χ2n) is 9.28. The van der Waals surface area contributed by atoms with E-state index < -0.39 is 11.9 Å². The van der Waals surface area contributed by atoms with Crippen molar-refractivity contribution in [2.45, 2.75) is 44.8 Å². The SMILES string of the molecule is C=CCOc1cc(OCC=C)c(C(=O)c2ccc(OCCOC3CCCCO3)c(OC)c2)c(C(CC)C(=O)OC)c1. The van der Waals surface area contributed by atoms with Crippen molar-refractivity contribution in [1.82, 2.24) is 0 Å². The van der Waals surface area contributed by atoms with Crippen molar-refractivity contribution in [2.75, 3.05) is 47.3 Å². The monoisotopic (exact) mass is 568 g/mol. The first-order valence-corrected chi connectivity index (χ1v) is 13.8. The number of esters is 1. The van der Waals surface area contributed by atoms with Crippen LogP contribution >= 0.6 is 0 Å². The summed E-state index contributed by atoms with van der Waals surface area (Å²) in [5, 5.41) is 0. The number of benzene rings is 2. The first kappa shape index (κ1) is 31.7. The highest BCUT2D eigenvalue weighted by molar-refractivity contribution is 6.13. The summed E-state index contributed by atoms with van der Waals surface area (Å²) in [4.78, 5) is 26.9. The van der Waals surface area contributed by atoms with Crippen molar-refractivity contribution in [2.24, 2.45) is 0 Å². The molecule has 1 heterocycles. The predicted molar refractivity (Wildman–Crippen MR) is 154 cm³/mol. The summed E-state index contributed by atoms with van der Waals surface area (Å²) in [5.74, 6) is -0.0238. The maximum absolute atomic E-state index is 14.1. The zero-order chi connectivity index (χ0) is 29.6. The summed E-state index contributed by atoms with van der Waals surface area (Å²) >= 11 is 0. The highest BCUT2D eigenvalue weighted by atomic mass is 16.7. The zero-order valence-corrected chi connectivity index (χ0v) is 24.1. The second-order valence-corrected chi connectivity index (χ2v) is 9.28. The third-order valence-electron chi connectivity index (χ3n) is 6.54. The van der Waals surface area contributed by atoms with Gasteiger partial charge in [-0.3, -0.25) is 9.59 Å². The average Bonchev–Trinajstić information content (AvgIpc) is 3.01. The number of hydrogen-bond donors (Lipinski definition) is 0. The van der Waals surface area contributed by atoms with Crippen LogP contribution in [0.2, 0.25) is 0 Å². The molecule has 2 unspecified atom stereocenters. The summed E-state index contributed by atoms with van der Waals surface area (Å²) in [6.45, 7) is 11.0. The summed E-state index contributed by atoms with van der Waals surface area (Å²) in [6, 6.07) is 8.22. The van der Waals surface area contributed by atoms with Gasteiger partial charge in [0.1, 0.15) is 31.3 Å². The smallest absolute Gasteiger partial charge is 0.313 e. The summed E-state index contributed by atoms with van der Waals surface area (Å²) < 4.78 is 39.5. The Bertz CT molecular complexity index is 1180. The van der Waals surface area contributed by atoms with Gasteiger partial charge in [-0.15, -0.1) is 0 Å². The van der Waals surface area contributed by atoms with Crippen molar-refractivity contribution in [1.29, 1.82) is 0 Å². The molecule has 9 nitrogen and oxygen atoms in total. The van der Waals surface area contributed by atoms with Gasteiger partial charge in [0.25, 0.3) is 0 Å². The molecule has 41 heavy (non-hydrogen) atoms. The minimum absolute atomic E-state index is 0.143. The van der Waals surface area contributed by atoms with E-state index in [9.17, 15) is 9.59 Å². The number of ketones is 1. The van der Waals surface area contributed by atoms with Gasteiger partial charge in [0, 0.05) is 18.2 Å². The largest absolute Gasteiger partial charge is 0.493 e. The van der Waals surface area contributed by atoms with Crippen LogP contribution in [0.5, 0.6) is 23.0 Å². The number of hydrogen-bond acceptors (Lipinski definition) is 9. The predicted octanol–water partition coefficient (Wildman–Crippen LogP) is 5.64. The maximum atomic E-state index is 14.1. The molecule has 0 N–H and O–H groups in total. The Hall–Kier alpha value is -3.82. The van der Waals surface area contributed by atoms with E-state index in [0.29, 0.717) is 48.0 Å². The van der Waals surface area contributed by atoms with E-state index in [0.717, 1.165) is 19.3 Å². The van der Waals surface area contributed by atoms with Crippen LogP contribution in [0.3, 0.4) is 0 Å². The Morgan fingerprint density at radius 3 is 2.41 bits per heavy atom. The van der Waals surface area contributed by atoms with Crippen molar-refractivity contribution in [3.63, 3.8) is 0 Å². The fourth-order valence-electron chi connectivity index (χ4n) is 4.53. The maximum Gasteiger partial charge on any atom is 0.313 e. The third-order valence-corrected chi connectivity index (χ3v) is 6.54. The fraction of sp³-hybridized carbons (Fsp3) is 0.438. The van der Waals surface area contributed by atoms with Gasteiger partial charge in [-0.25, -0.2) is 0 Å². The van der Waals surface area contributed by atoms with E-state index >= 15 is 0 Å². The van der Waals surface area contributed by atoms with Crippen molar-refractivity contribution < 1.29 is 42.7 Å². The average molecular weight is 569 g/mol. The summed E-state index contributed by atoms with van der Waals surface area (Å²) in [6.07, 6.45) is 6.37. The molecule has 0 bridgehead atoms. The number of ether oxygens (including phenoxy) is 7. The van der Waals surface area contributed by atoms with Gasteiger partial charge in [-0.2, -0.15) is 0 Å². The summed E-state index contributed by atoms with van der Waals surface area (Å²) in [7, 11) is 2.82. The van der Waals surface area contributed by atoms with Gasteiger partial charge in [0.05, 0.1) is 32.3 Å². The highest BCUT2D eigenvalue weighted by Gasteiger charge is 2.30. The molecule has 2 aromatic carbocycles. The van der Waals surface area contributed by atoms with Crippen LogP contribution in [-0.4, -0.2) is 65.3 Å². The van der Waals surface area contributed by atoms with Crippen LogP contribution in [-0.2, 0) is 19.0 Å². The zero-order valence-electron chi connectivity index (χ0n) is 24.1. The van der Waals surface area contributed by atoms with Gasteiger partial charge in [-0.05, 0) is 55.5 Å². The van der Waals surface area contributed by atoms with Crippen LogP contribution in [0.15, 0.2) is 55.6 Å². The Labute approximate surface area is 242 Å². The number of carbonyl (C=O) groups is 2. The minimum atomic E-state index is -0.727. The topological polar surface area (TPSA) is 98.8 Å². The third kappa shape index (κ3) is 8.58. The molecular weight excluding hydrogens is 528 g/mol. The van der Waals surface area contributed by atoms with E-state index in [4.69, 9.17) is 33.2 Å². The Morgan fingerprint density at radius 2 is 1.76 bits per heavy atom. The minimum Gasteiger partial charge on any atom is -0.493 e. The molecule has 1 saturated heterocycles. The van der Waals surface area contributed by atoms with E-state index in [1.165, 1.54) is 14.2 Å². The normalized spacial score (nSPS) is 15.3. The molecule has 1 aliphatic rings. The lowest BCUT2D eigenvalue weighted by molar-refractivity contribution is -0.165. The van der Waals surface area contributed by atoms with Gasteiger partial charge in [0.2, 0.25) is 0 Å².